The molecule has 0 radical (unpaired) electrons. The van der Waals surface area contributed by atoms with E-state index in [1.54, 1.807) is 17.0 Å². The normalized spacial score (nSPS) is 17.8. The van der Waals surface area contributed by atoms with Gasteiger partial charge in [0.25, 0.3) is 11.8 Å². The van der Waals surface area contributed by atoms with E-state index in [1.165, 1.54) is 5.01 Å². The fourth-order valence-electron chi connectivity index (χ4n) is 3.36. The fraction of sp³-hybridized carbons (Fsp3) is 0.261. The van der Waals surface area contributed by atoms with Crippen molar-refractivity contribution in [3.63, 3.8) is 0 Å². The first kappa shape index (κ1) is 21.3. The molecule has 2 aromatic carbocycles. The second-order valence-corrected chi connectivity index (χ2v) is 8.02. The van der Waals surface area contributed by atoms with Crippen LogP contribution in [-0.2, 0) is 14.3 Å². The van der Waals surface area contributed by atoms with Gasteiger partial charge in [0.05, 0.1) is 34.7 Å². The molecule has 4 rings (SSSR count). The van der Waals surface area contributed by atoms with Crippen LogP contribution in [0, 0.1) is 0 Å². The second kappa shape index (κ2) is 9.45. The highest BCUT2D eigenvalue weighted by molar-refractivity contribution is 9.10. The Morgan fingerprint density at radius 1 is 1.19 bits per heavy atom. The maximum Gasteiger partial charge on any atom is 0.280 e. The molecule has 0 unspecified atom stereocenters. The molecule has 160 valence electrons. The van der Waals surface area contributed by atoms with Crippen LogP contribution in [-0.4, -0.2) is 55.3 Å². The lowest BCUT2D eigenvalue weighted by atomic mass is 10.1. The van der Waals surface area contributed by atoms with E-state index >= 15 is 0 Å². The number of para-hydroxylation sites is 1. The molecule has 0 aromatic heterocycles. The average Bonchev–Trinajstić information content (AvgIpc) is 3.08. The minimum absolute atomic E-state index is 0.0324. The third kappa shape index (κ3) is 4.86. The van der Waals surface area contributed by atoms with Crippen molar-refractivity contribution in [2.75, 3.05) is 37.9 Å². The summed E-state index contributed by atoms with van der Waals surface area (Å²) in [6, 6.07) is 14.8. The number of amides is 2. The number of anilines is 1. The van der Waals surface area contributed by atoms with Gasteiger partial charge in [-0.25, -0.2) is 0 Å². The van der Waals surface area contributed by atoms with Crippen LogP contribution < -0.4 is 9.75 Å². The minimum Gasteiger partial charge on any atom is -0.483 e. The third-order valence-corrected chi connectivity index (χ3v) is 5.66. The molecule has 0 saturated carbocycles. The number of rotatable bonds is 5. The number of nitrogens with zero attached hydrogens (tertiary/aromatic N) is 3. The molecular formula is C23H22BrN3O4. The van der Waals surface area contributed by atoms with Crippen molar-refractivity contribution >= 4 is 45.2 Å². The van der Waals surface area contributed by atoms with Crippen molar-refractivity contribution in [3.05, 3.63) is 64.1 Å². The average molecular weight is 484 g/mol. The molecule has 0 spiro atoms. The molecule has 0 aliphatic carbocycles. The lowest BCUT2D eigenvalue weighted by Crippen LogP contribution is -2.43. The SMILES string of the molecule is CC1=NN(c2ccccc2)C(=O)C1=Cc1ccc(OCC(=O)N2CCOCC2)c(Br)c1. The standard InChI is InChI=1S/C23H22BrN3O4/c1-16-19(23(29)27(25-16)18-5-3-2-4-6-18)13-17-7-8-21(20(24)14-17)31-15-22(28)26-9-11-30-12-10-26/h2-8,13-14H,9-12,15H2,1H3. The smallest absolute Gasteiger partial charge is 0.280 e. The van der Waals surface area contributed by atoms with Gasteiger partial charge in [0.2, 0.25) is 0 Å². The van der Waals surface area contributed by atoms with Crippen LogP contribution in [0.25, 0.3) is 6.08 Å². The number of hydrogen-bond acceptors (Lipinski definition) is 5. The van der Waals surface area contributed by atoms with E-state index in [9.17, 15) is 9.59 Å². The zero-order chi connectivity index (χ0) is 21.8. The Balaban J connectivity index is 1.44. The van der Waals surface area contributed by atoms with Gasteiger partial charge in [-0.2, -0.15) is 10.1 Å². The molecule has 7 nitrogen and oxygen atoms in total. The van der Waals surface area contributed by atoms with Crippen LogP contribution in [0.1, 0.15) is 12.5 Å². The van der Waals surface area contributed by atoms with E-state index in [-0.39, 0.29) is 18.4 Å². The predicted molar refractivity (Wildman–Crippen MR) is 122 cm³/mol. The summed E-state index contributed by atoms with van der Waals surface area (Å²) in [5.41, 5.74) is 2.74. The maximum atomic E-state index is 12.9. The van der Waals surface area contributed by atoms with Crippen LogP contribution >= 0.6 is 15.9 Å². The molecule has 0 bridgehead atoms. The lowest BCUT2D eigenvalue weighted by Gasteiger charge is -2.26. The summed E-state index contributed by atoms with van der Waals surface area (Å²) in [4.78, 5) is 26.9. The summed E-state index contributed by atoms with van der Waals surface area (Å²) in [5.74, 6) is 0.333. The largest absolute Gasteiger partial charge is 0.483 e. The van der Waals surface area contributed by atoms with Gasteiger partial charge >= 0.3 is 0 Å². The van der Waals surface area contributed by atoms with E-state index in [2.05, 4.69) is 21.0 Å². The monoisotopic (exact) mass is 483 g/mol. The van der Waals surface area contributed by atoms with Crippen LogP contribution in [0.2, 0.25) is 0 Å². The predicted octanol–water partition coefficient (Wildman–Crippen LogP) is 3.49. The number of morpholine rings is 1. The Hall–Kier alpha value is -2.97. The van der Waals surface area contributed by atoms with Crippen LogP contribution in [0.3, 0.4) is 0 Å². The van der Waals surface area contributed by atoms with Crippen molar-refractivity contribution in [3.8, 4) is 5.75 Å². The van der Waals surface area contributed by atoms with Crippen LogP contribution in [0.4, 0.5) is 5.69 Å². The first-order chi connectivity index (χ1) is 15.0. The topological polar surface area (TPSA) is 71.4 Å². The molecule has 0 atom stereocenters. The van der Waals surface area contributed by atoms with Gasteiger partial charge in [-0.05, 0) is 58.8 Å². The minimum atomic E-state index is -0.170. The Morgan fingerprint density at radius 3 is 2.65 bits per heavy atom. The number of ether oxygens (including phenoxy) is 2. The maximum absolute atomic E-state index is 12.9. The van der Waals surface area contributed by atoms with Crippen LogP contribution in [0.5, 0.6) is 5.75 Å². The summed E-state index contributed by atoms with van der Waals surface area (Å²) in [6.07, 6.45) is 1.80. The van der Waals surface area contributed by atoms with Crippen molar-refractivity contribution < 1.29 is 19.1 Å². The lowest BCUT2D eigenvalue weighted by molar-refractivity contribution is -0.137. The summed E-state index contributed by atoms with van der Waals surface area (Å²) < 4.78 is 11.7. The van der Waals surface area contributed by atoms with Gasteiger partial charge in [-0.15, -0.1) is 0 Å². The molecule has 2 heterocycles. The van der Waals surface area contributed by atoms with Crippen molar-refractivity contribution in [2.45, 2.75) is 6.92 Å². The van der Waals surface area contributed by atoms with Gasteiger partial charge < -0.3 is 14.4 Å². The zero-order valence-corrected chi connectivity index (χ0v) is 18.7. The molecule has 0 N–H and O–H groups in total. The number of halogens is 1. The summed E-state index contributed by atoms with van der Waals surface area (Å²) in [6.45, 7) is 4.07. The Bertz CT molecular complexity index is 1050. The third-order valence-electron chi connectivity index (χ3n) is 5.05. The molecular weight excluding hydrogens is 462 g/mol. The van der Waals surface area contributed by atoms with E-state index in [0.29, 0.717) is 47.8 Å². The van der Waals surface area contributed by atoms with E-state index in [0.717, 1.165) is 11.3 Å². The van der Waals surface area contributed by atoms with Gasteiger partial charge in [-0.1, -0.05) is 24.3 Å². The Labute approximate surface area is 189 Å². The Kier molecular flexibility index (Phi) is 6.48. The van der Waals surface area contributed by atoms with Gasteiger partial charge in [0, 0.05) is 13.1 Å². The number of carbonyl (C=O) groups excluding carboxylic acids is 2. The Morgan fingerprint density at radius 2 is 1.94 bits per heavy atom. The highest BCUT2D eigenvalue weighted by Gasteiger charge is 2.28. The molecule has 1 saturated heterocycles. The second-order valence-electron chi connectivity index (χ2n) is 7.17. The van der Waals surface area contributed by atoms with E-state index < -0.39 is 0 Å². The molecule has 2 aliphatic rings. The first-order valence-corrected chi connectivity index (χ1v) is 10.8. The number of benzene rings is 2. The molecule has 2 amide bonds. The number of carbonyl (C=O) groups is 2. The number of hydrazone groups is 1. The number of hydrogen-bond donors (Lipinski definition) is 0. The molecule has 8 heteroatoms. The van der Waals surface area contributed by atoms with Gasteiger partial charge in [0.1, 0.15) is 5.75 Å². The molecule has 2 aromatic rings. The highest BCUT2D eigenvalue weighted by atomic mass is 79.9. The quantitative estimate of drug-likeness (QED) is 0.610. The van der Waals surface area contributed by atoms with Gasteiger partial charge in [-0.3, -0.25) is 9.59 Å². The summed E-state index contributed by atoms with van der Waals surface area (Å²) >= 11 is 3.50. The van der Waals surface area contributed by atoms with Crippen molar-refractivity contribution in [1.29, 1.82) is 0 Å². The first-order valence-electron chi connectivity index (χ1n) is 9.97. The van der Waals surface area contributed by atoms with E-state index in [4.69, 9.17) is 9.47 Å². The van der Waals surface area contributed by atoms with E-state index in [1.807, 2.05) is 49.4 Å². The zero-order valence-electron chi connectivity index (χ0n) is 17.1. The molecule has 2 aliphatic heterocycles. The highest BCUT2D eigenvalue weighted by Crippen LogP contribution is 2.29. The van der Waals surface area contributed by atoms with Crippen LogP contribution in [0.15, 0.2) is 63.7 Å². The molecule has 31 heavy (non-hydrogen) atoms. The van der Waals surface area contributed by atoms with Crippen molar-refractivity contribution in [1.82, 2.24) is 4.90 Å². The fourth-order valence-corrected chi connectivity index (χ4v) is 3.87. The molecule has 1 fully saturated rings. The van der Waals surface area contributed by atoms with Crippen molar-refractivity contribution in [2.24, 2.45) is 5.10 Å². The summed E-state index contributed by atoms with van der Waals surface area (Å²) in [5, 5.41) is 5.80. The van der Waals surface area contributed by atoms with Gasteiger partial charge in [0.15, 0.2) is 6.61 Å². The summed E-state index contributed by atoms with van der Waals surface area (Å²) in [7, 11) is 0.